The molecule has 1 aromatic heterocycles. The predicted molar refractivity (Wildman–Crippen MR) is 80.7 cm³/mol. The van der Waals surface area contributed by atoms with Crippen LogP contribution < -0.4 is 15.8 Å². The van der Waals surface area contributed by atoms with Gasteiger partial charge < -0.3 is 15.8 Å². The monoisotopic (exact) mass is 340 g/mol. The number of halogens is 1. The number of benzene rings is 1. The van der Waals surface area contributed by atoms with Crippen LogP contribution in [0.1, 0.15) is 9.67 Å². The van der Waals surface area contributed by atoms with Gasteiger partial charge in [-0.05, 0) is 40.2 Å². The zero-order valence-electron chi connectivity index (χ0n) is 10.1. The lowest BCUT2D eigenvalue weighted by atomic mass is 10.3. The second-order valence-electron chi connectivity index (χ2n) is 3.75. The maximum absolute atomic E-state index is 11.7. The lowest BCUT2D eigenvalue weighted by molar-refractivity contribution is 0.0951. The van der Waals surface area contributed by atoms with Crippen LogP contribution in [0.5, 0.6) is 5.75 Å². The molecule has 2 aromatic rings. The van der Waals surface area contributed by atoms with Crippen LogP contribution in [0.2, 0.25) is 0 Å². The summed E-state index contributed by atoms with van der Waals surface area (Å²) < 4.78 is 6.42. The molecule has 0 fully saturated rings. The highest BCUT2D eigenvalue weighted by Crippen LogP contribution is 2.22. The Labute approximate surface area is 123 Å². The SMILES string of the molecule is Nc1ccccc1OCCNC(=O)c1ccc(Br)s1. The van der Waals surface area contributed by atoms with Gasteiger partial charge in [-0.15, -0.1) is 11.3 Å². The highest BCUT2D eigenvalue weighted by Gasteiger charge is 2.07. The molecular formula is C13H13BrN2O2S. The van der Waals surface area contributed by atoms with Crippen molar-refractivity contribution in [3.8, 4) is 5.75 Å². The van der Waals surface area contributed by atoms with Gasteiger partial charge >= 0.3 is 0 Å². The first-order valence-corrected chi connectivity index (χ1v) is 7.28. The van der Waals surface area contributed by atoms with Crippen molar-refractivity contribution in [1.29, 1.82) is 0 Å². The van der Waals surface area contributed by atoms with Gasteiger partial charge in [-0.25, -0.2) is 0 Å². The van der Waals surface area contributed by atoms with Crippen molar-refractivity contribution in [2.24, 2.45) is 0 Å². The number of carbonyl (C=O) groups excluding carboxylic acids is 1. The predicted octanol–water partition coefficient (Wildman–Crippen LogP) is 2.90. The van der Waals surface area contributed by atoms with Crippen molar-refractivity contribution < 1.29 is 9.53 Å². The standard InChI is InChI=1S/C13H13BrN2O2S/c14-12-6-5-11(19-12)13(17)16-7-8-18-10-4-2-1-3-9(10)15/h1-6H,7-8,15H2,(H,16,17). The molecule has 100 valence electrons. The molecule has 0 saturated heterocycles. The Morgan fingerprint density at radius 3 is 2.79 bits per heavy atom. The fourth-order valence-corrected chi connectivity index (χ4v) is 2.76. The number of nitrogens with one attached hydrogen (secondary N) is 1. The summed E-state index contributed by atoms with van der Waals surface area (Å²) in [6.45, 7) is 0.815. The van der Waals surface area contributed by atoms with Crippen LogP contribution in [0.3, 0.4) is 0 Å². The minimum atomic E-state index is -0.0969. The fourth-order valence-electron chi connectivity index (χ4n) is 1.46. The van der Waals surface area contributed by atoms with E-state index in [1.165, 1.54) is 11.3 Å². The van der Waals surface area contributed by atoms with E-state index in [0.29, 0.717) is 29.5 Å². The van der Waals surface area contributed by atoms with Crippen LogP contribution in [-0.4, -0.2) is 19.1 Å². The zero-order chi connectivity index (χ0) is 13.7. The third-order valence-corrected chi connectivity index (χ3v) is 3.98. The number of carbonyl (C=O) groups is 1. The molecular weight excluding hydrogens is 328 g/mol. The van der Waals surface area contributed by atoms with E-state index in [1.807, 2.05) is 18.2 Å². The molecule has 1 amide bonds. The summed E-state index contributed by atoms with van der Waals surface area (Å²) in [5.74, 6) is 0.538. The van der Waals surface area contributed by atoms with E-state index in [4.69, 9.17) is 10.5 Å². The van der Waals surface area contributed by atoms with E-state index in [0.717, 1.165) is 3.79 Å². The van der Waals surface area contributed by atoms with E-state index in [1.54, 1.807) is 18.2 Å². The Morgan fingerprint density at radius 2 is 2.11 bits per heavy atom. The van der Waals surface area contributed by atoms with Crippen molar-refractivity contribution in [3.63, 3.8) is 0 Å². The number of amides is 1. The maximum atomic E-state index is 11.7. The molecule has 0 radical (unpaired) electrons. The molecule has 0 saturated carbocycles. The van der Waals surface area contributed by atoms with Crippen LogP contribution in [0, 0.1) is 0 Å². The second kappa shape index (κ2) is 6.58. The topological polar surface area (TPSA) is 64.3 Å². The number of nitrogen functional groups attached to an aromatic ring is 1. The van der Waals surface area contributed by atoms with E-state index < -0.39 is 0 Å². The Balaban J connectivity index is 1.75. The van der Waals surface area contributed by atoms with E-state index in [9.17, 15) is 4.79 Å². The van der Waals surface area contributed by atoms with Gasteiger partial charge in [0.25, 0.3) is 5.91 Å². The molecule has 0 bridgehead atoms. The first-order chi connectivity index (χ1) is 9.16. The Hall–Kier alpha value is -1.53. The first-order valence-electron chi connectivity index (χ1n) is 5.67. The van der Waals surface area contributed by atoms with Crippen LogP contribution in [-0.2, 0) is 0 Å². The summed E-state index contributed by atoms with van der Waals surface area (Å²) in [7, 11) is 0. The molecule has 0 atom stereocenters. The van der Waals surface area contributed by atoms with Crippen molar-refractivity contribution in [2.75, 3.05) is 18.9 Å². The number of ether oxygens (including phenoxy) is 1. The Morgan fingerprint density at radius 1 is 1.32 bits per heavy atom. The molecule has 0 aliphatic rings. The molecule has 0 aliphatic heterocycles. The minimum absolute atomic E-state index is 0.0969. The van der Waals surface area contributed by atoms with Gasteiger partial charge in [0.2, 0.25) is 0 Å². The largest absolute Gasteiger partial charge is 0.490 e. The highest BCUT2D eigenvalue weighted by atomic mass is 79.9. The third kappa shape index (κ3) is 3.97. The number of anilines is 1. The summed E-state index contributed by atoms with van der Waals surface area (Å²) in [6, 6.07) is 10.9. The average molecular weight is 341 g/mol. The molecule has 0 spiro atoms. The average Bonchev–Trinajstić information content (AvgIpc) is 2.83. The third-order valence-electron chi connectivity index (χ3n) is 2.36. The van der Waals surface area contributed by atoms with E-state index in [-0.39, 0.29) is 5.91 Å². The molecule has 0 aliphatic carbocycles. The second-order valence-corrected chi connectivity index (χ2v) is 6.21. The van der Waals surface area contributed by atoms with Crippen LogP contribution in [0.4, 0.5) is 5.69 Å². The highest BCUT2D eigenvalue weighted by molar-refractivity contribution is 9.11. The van der Waals surface area contributed by atoms with Gasteiger partial charge in [0, 0.05) is 0 Å². The summed E-state index contributed by atoms with van der Waals surface area (Å²) in [5.41, 5.74) is 6.33. The van der Waals surface area contributed by atoms with Gasteiger partial charge in [0.1, 0.15) is 12.4 Å². The van der Waals surface area contributed by atoms with Crippen molar-refractivity contribution in [1.82, 2.24) is 5.32 Å². The minimum Gasteiger partial charge on any atom is -0.490 e. The zero-order valence-corrected chi connectivity index (χ0v) is 12.5. The Bertz CT molecular complexity index is 571. The number of thiophene rings is 1. The van der Waals surface area contributed by atoms with Crippen molar-refractivity contribution >= 4 is 38.9 Å². The molecule has 4 nitrogen and oxygen atoms in total. The molecule has 19 heavy (non-hydrogen) atoms. The molecule has 6 heteroatoms. The van der Waals surface area contributed by atoms with Crippen LogP contribution in [0.15, 0.2) is 40.2 Å². The fraction of sp³-hybridized carbons (Fsp3) is 0.154. The first kappa shape index (κ1) is 13.9. The molecule has 1 heterocycles. The van der Waals surface area contributed by atoms with E-state index in [2.05, 4.69) is 21.2 Å². The molecule has 3 N–H and O–H groups in total. The van der Waals surface area contributed by atoms with Crippen LogP contribution in [0.25, 0.3) is 0 Å². The lowest BCUT2D eigenvalue weighted by Crippen LogP contribution is -2.27. The molecule has 0 unspecified atom stereocenters. The Kier molecular flexibility index (Phi) is 4.81. The normalized spacial score (nSPS) is 10.2. The maximum Gasteiger partial charge on any atom is 0.261 e. The number of rotatable bonds is 5. The number of para-hydroxylation sites is 2. The molecule has 1 aromatic carbocycles. The van der Waals surface area contributed by atoms with Gasteiger partial charge in [-0.1, -0.05) is 12.1 Å². The summed E-state index contributed by atoms with van der Waals surface area (Å²) in [4.78, 5) is 12.4. The van der Waals surface area contributed by atoms with E-state index >= 15 is 0 Å². The van der Waals surface area contributed by atoms with Gasteiger partial charge in [0.05, 0.1) is 20.9 Å². The smallest absolute Gasteiger partial charge is 0.261 e. The van der Waals surface area contributed by atoms with Crippen LogP contribution >= 0.6 is 27.3 Å². The molecule has 2 rings (SSSR count). The van der Waals surface area contributed by atoms with Crippen molar-refractivity contribution in [2.45, 2.75) is 0 Å². The number of hydrogen-bond donors (Lipinski definition) is 2. The number of nitrogens with two attached hydrogens (primary N) is 1. The summed E-state index contributed by atoms with van der Waals surface area (Å²) in [6.07, 6.45) is 0. The number of hydrogen-bond acceptors (Lipinski definition) is 4. The quantitative estimate of drug-likeness (QED) is 0.649. The lowest BCUT2D eigenvalue weighted by Gasteiger charge is -2.08. The van der Waals surface area contributed by atoms with Gasteiger partial charge in [0.15, 0.2) is 0 Å². The summed E-state index contributed by atoms with van der Waals surface area (Å²) >= 11 is 4.72. The van der Waals surface area contributed by atoms with Gasteiger partial charge in [-0.3, -0.25) is 4.79 Å². The van der Waals surface area contributed by atoms with Gasteiger partial charge in [-0.2, -0.15) is 0 Å². The summed E-state index contributed by atoms with van der Waals surface area (Å²) in [5, 5.41) is 2.79. The van der Waals surface area contributed by atoms with Crippen molar-refractivity contribution in [3.05, 3.63) is 45.1 Å².